The topological polar surface area (TPSA) is 103 Å². The number of aromatic nitrogens is 4. The van der Waals surface area contributed by atoms with Crippen molar-refractivity contribution in [1.29, 1.82) is 0 Å². The Kier molecular flexibility index (Phi) is 6.79. The number of likely N-dealkylation sites (N-methyl/N-ethyl adjacent to an activating group) is 1. The fraction of sp³-hybridized carbons (Fsp3) is 0.522. The number of fused-ring (bicyclic) bond motifs is 1. The molecule has 1 aromatic carbocycles. The summed E-state index contributed by atoms with van der Waals surface area (Å²) in [7, 11) is 1.64. The molecular formula is C23H32N6O4S. The van der Waals surface area contributed by atoms with Gasteiger partial charge in [-0.15, -0.1) is 0 Å². The fourth-order valence-electron chi connectivity index (χ4n) is 4.31. The summed E-state index contributed by atoms with van der Waals surface area (Å²) in [6.45, 7) is 6.51. The Balaban J connectivity index is 1.90. The Morgan fingerprint density at radius 3 is 2.41 bits per heavy atom. The van der Waals surface area contributed by atoms with Crippen LogP contribution in [-0.2, 0) is 30.5 Å². The van der Waals surface area contributed by atoms with E-state index in [1.807, 2.05) is 20.9 Å². The van der Waals surface area contributed by atoms with Crippen molar-refractivity contribution >= 4 is 21.1 Å². The number of nitrogens with zero attached hydrogens (tertiary/aromatic N) is 6. The third kappa shape index (κ3) is 4.23. The highest BCUT2D eigenvalue weighted by molar-refractivity contribution is 7.89. The van der Waals surface area contributed by atoms with Gasteiger partial charge in [-0.2, -0.15) is 9.40 Å². The van der Waals surface area contributed by atoms with Crippen LogP contribution in [0, 0.1) is 0 Å². The van der Waals surface area contributed by atoms with Crippen LogP contribution in [-0.4, -0.2) is 76.8 Å². The summed E-state index contributed by atoms with van der Waals surface area (Å²) in [4.78, 5) is 20.4. The van der Waals surface area contributed by atoms with Crippen LogP contribution < -0.4 is 10.3 Å². The predicted octanol–water partition coefficient (Wildman–Crippen LogP) is 1.62. The third-order valence-electron chi connectivity index (χ3n) is 6.21. The summed E-state index contributed by atoms with van der Waals surface area (Å²) < 4.78 is 37.2. The van der Waals surface area contributed by atoms with Crippen LogP contribution in [0.2, 0.25) is 0 Å². The van der Waals surface area contributed by atoms with Crippen LogP contribution in [0.1, 0.15) is 26.0 Å². The van der Waals surface area contributed by atoms with Crippen molar-refractivity contribution in [2.24, 2.45) is 14.1 Å². The molecule has 0 saturated carbocycles. The molecule has 0 unspecified atom stereocenters. The van der Waals surface area contributed by atoms with Gasteiger partial charge >= 0.3 is 0 Å². The van der Waals surface area contributed by atoms with Gasteiger partial charge in [0.05, 0.1) is 22.8 Å². The fourth-order valence-corrected chi connectivity index (χ4v) is 5.76. The molecular weight excluding hydrogens is 456 g/mol. The zero-order chi connectivity index (χ0) is 24.6. The molecule has 0 radical (unpaired) electrons. The summed E-state index contributed by atoms with van der Waals surface area (Å²) in [5.41, 5.74) is 1.93. The first-order chi connectivity index (χ1) is 16.2. The van der Waals surface area contributed by atoms with Crippen molar-refractivity contribution < 1.29 is 13.2 Å². The van der Waals surface area contributed by atoms with E-state index in [1.165, 1.54) is 8.87 Å². The smallest absolute Gasteiger partial charge is 0.279 e. The Hall–Kier alpha value is -2.76. The van der Waals surface area contributed by atoms with Crippen molar-refractivity contribution in [3.8, 4) is 17.1 Å². The van der Waals surface area contributed by atoms with E-state index in [0.29, 0.717) is 67.4 Å². The van der Waals surface area contributed by atoms with Crippen molar-refractivity contribution in [2.75, 3.05) is 39.8 Å². The summed E-state index contributed by atoms with van der Waals surface area (Å²) >= 11 is 0. The van der Waals surface area contributed by atoms with Crippen molar-refractivity contribution in [3.63, 3.8) is 0 Å². The molecule has 4 rings (SSSR count). The number of ether oxygens (including phenoxy) is 1. The molecule has 3 aromatic rings. The highest BCUT2D eigenvalue weighted by Gasteiger charge is 2.29. The number of rotatable bonds is 7. The maximum atomic E-state index is 13.4. The first-order valence-electron chi connectivity index (χ1n) is 11.6. The minimum Gasteiger partial charge on any atom is -0.493 e. The number of piperazine rings is 1. The van der Waals surface area contributed by atoms with Gasteiger partial charge < -0.3 is 9.64 Å². The predicted molar refractivity (Wildman–Crippen MR) is 131 cm³/mol. The van der Waals surface area contributed by atoms with E-state index in [0.717, 1.165) is 12.1 Å². The van der Waals surface area contributed by atoms with Crippen molar-refractivity contribution in [3.05, 3.63) is 34.2 Å². The Morgan fingerprint density at radius 1 is 1.06 bits per heavy atom. The lowest BCUT2D eigenvalue weighted by Crippen LogP contribution is -2.47. The Labute approximate surface area is 199 Å². The second-order valence-corrected chi connectivity index (χ2v) is 10.6. The zero-order valence-corrected chi connectivity index (χ0v) is 21.2. The summed E-state index contributed by atoms with van der Waals surface area (Å²) in [5.74, 6) is 0.823. The van der Waals surface area contributed by atoms with E-state index in [9.17, 15) is 13.2 Å². The molecule has 0 N–H and O–H groups in total. The molecule has 0 bridgehead atoms. The minimum atomic E-state index is -3.71. The van der Waals surface area contributed by atoms with Gasteiger partial charge in [-0.3, -0.25) is 14.0 Å². The summed E-state index contributed by atoms with van der Waals surface area (Å²) in [5, 5.41) is 4.50. The molecule has 0 amide bonds. The first-order valence-corrected chi connectivity index (χ1v) is 13.0. The molecule has 1 aliphatic rings. The largest absolute Gasteiger partial charge is 0.493 e. The molecule has 0 spiro atoms. The molecule has 0 aliphatic carbocycles. The van der Waals surface area contributed by atoms with Gasteiger partial charge in [0.15, 0.2) is 5.52 Å². The second kappa shape index (κ2) is 9.47. The van der Waals surface area contributed by atoms with Crippen LogP contribution in [0.3, 0.4) is 0 Å². The van der Waals surface area contributed by atoms with E-state index in [2.05, 4.69) is 10.00 Å². The van der Waals surface area contributed by atoms with Crippen LogP contribution >= 0.6 is 0 Å². The third-order valence-corrected chi connectivity index (χ3v) is 8.11. The highest BCUT2D eigenvalue weighted by atomic mass is 32.2. The van der Waals surface area contributed by atoms with E-state index in [1.54, 1.807) is 37.0 Å². The molecule has 3 heterocycles. The van der Waals surface area contributed by atoms with Gasteiger partial charge in [0, 0.05) is 40.3 Å². The molecule has 0 atom stereocenters. The second-order valence-electron chi connectivity index (χ2n) is 8.62. The van der Waals surface area contributed by atoms with Crippen LogP contribution in [0.25, 0.3) is 22.4 Å². The lowest BCUT2D eigenvalue weighted by molar-refractivity contribution is 0.222. The maximum Gasteiger partial charge on any atom is 0.279 e. The van der Waals surface area contributed by atoms with E-state index in [4.69, 9.17) is 9.72 Å². The lowest BCUT2D eigenvalue weighted by Gasteiger charge is -2.31. The van der Waals surface area contributed by atoms with Gasteiger partial charge in [-0.25, -0.2) is 13.4 Å². The molecule has 1 saturated heterocycles. The summed E-state index contributed by atoms with van der Waals surface area (Å²) in [6, 6.07) is 4.78. The zero-order valence-electron chi connectivity index (χ0n) is 20.4. The quantitative estimate of drug-likeness (QED) is 0.498. The van der Waals surface area contributed by atoms with E-state index >= 15 is 0 Å². The number of hydrogen-bond donors (Lipinski definition) is 0. The van der Waals surface area contributed by atoms with Crippen LogP contribution in [0.5, 0.6) is 5.75 Å². The highest BCUT2D eigenvalue weighted by Crippen LogP contribution is 2.33. The number of benzene rings is 1. The first kappa shape index (κ1) is 24.4. The maximum absolute atomic E-state index is 13.4. The normalized spacial score (nSPS) is 15.8. The number of aryl methyl sites for hydroxylation is 2. The standard InChI is InChI=1S/C23H32N6O4S/c1-6-8-18-20-21(28(5)25-18)23(30)27(4)22(24-20)17-15-16(9-10-19(17)33-7-2)34(31,32)29-13-11-26(3)12-14-29/h9-10,15H,6-8,11-14H2,1-5H3. The average Bonchev–Trinajstić information content (AvgIpc) is 3.12. The molecule has 184 valence electrons. The monoisotopic (exact) mass is 488 g/mol. The van der Waals surface area contributed by atoms with Crippen molar-refractivity contribution in [1.82, 2.24) is 28.5 Å². The van der Waals surface area contributed by atoms with Crippen molar-refractivity contribution in [2.45, 2.75) is 31.6 Å². The Bertz CT molecular complexity index is 1370. The Morgan fingerprint density at radius 2 is 1.76 bits per heavy atom. The molecule has 11 heteroatoms. The molecule has 10 nitrogen and oxygen atoms in total. The van der Waals surface area contributed by atoms with Gasteiger partial charge in [0.25, 0.3) is 5.56 Å². The van der Waals surface area contributed by atoms with Gasteiger partial charge in [-0.05, 0) is 38.6 Å². The molecule has 34 heavy (non-hydrogen) atoms. The van der Waals surface area contributed by atoms with Crippen LogP contribution in [0.15, 0.2) is 27.9 Å². The molecule has 1 fully saturated rings. The van der Waals surface area contributed by atoms with Gasteiger partial charge in [0.1, 0.15) is 17.1 Å². The number of hydrogen-bond acceptors (Lipinski definition) is 7. The minimum absolute atomic E-state index is 0.157. The summed E-state index contributed by atoms with van der Waals surface area (Å²) in [6.07, 6.45) is 1.55. The molecule has 1 aliphatic heterocycles. The molecule has 2 aromatic heterocycles. The van der Waals surface area contributed by atoms with Gasteiger partial charge in [0.2, 0.25) is 10.0 Å². The SMILES string of the molecule is CCCc1nn(C)c2c(=O)n(C)c(-c3cc(S(=O)(=O)N4CCN(C)CC4)ccc3OCC)nc12. The average molecular weight is 489 g/mol. The number of sulfonamides is 1. The van der Waals surface area contributed by atoms with Crippen LogP contribution in [0.4, 0.5) is 0 Å². The lowest BCUT2D eigenvalue weighted by atomic mass is 10.1. The van der Waals surface area contributed by atoms with Gasteiger partial charge in [-0.1, -0.05) is 13.3 Å². The van der Waals surface area contributed by atoms with E-state index in [-0.39, 0.29) is 10.5 Å². The van der Waals surface area contributed by atoms with E-state index < -0.39 is 10.0 Å².